The topological polar surface area (TPSA) is 94.1 Å². The van der Waals surface area contributed by atoms with E-state index in [1.165, 1.54) is 12.4 Å². The molecule has 0 aliphatic carbocycles. The predicted molar refractivity (Wildman–Crippen MR) is 81.8 cm³/mol. The van der Waals surface area contributed by atoms with E-state index in [0.29, 0.717) is 18.1 Å². The number of nitro groups is 1. The summed E-state index contributed by atoms with van der Waals surface area (Å²) in [5, 5.41) is 14.0. The lowest BCUT2D eigenvalue weighted by atomic mass is 10.2. The van der Waals surface area contributed by atoms with Crippen molar-refractivity contribution in [1.82, 2.24) is 9.97 Å². The number of hydrogen-bond acceptors (Lipinski definition) is 6. The van der Waals surface area contributed by atoms with Crippen LogP contribution in [0.4, 0.5) is 11.4 Å². The Balaban J connectivity index is 1.75. The maximum absolute atomic E-state index is 10.9. The zero-order valence-electron chi connectivity index (χ0n) is 11.9. The zero-order valence-corrected chi connectivity index (χ0v) is 11.9. The van der Waals surface area contributed by atoms with Crippen LogP contribution in [0.5, 0.6) is 0 Å². The summed E-state index contributed by atoms with van der Waals surface area (Å²) in [7, 11) is 0. The Hall–Kier alpha value is -2.96. The molecule has 2 aromatic heterocycles. The molecule has 3 aromatic rings. The fourth-order valence-corrected chi connectivity index (χ4v) is 2.13. The van der Waals surface area contributed by atoms with Gasteiger partial charge in [-0.15, -0.1) is 0 Å². The normalized spacial score (nSPS) is 12.2. The number of oxazole rings is 1. The van der Waals surface area contributed by atoms with Gasteiger partial charge >= 0.3 is 5.69 Å². The van der Waals surface area contributed by atoms with Crippen molar-refractivity contribution in [3.8, 4) is 0 Å². The van der Waals surface area contributed by atoms with Crippen LogP contribution in [0.3, 0.4) is 0 Å². The van der Waals surface area contributed by atoms with Crippen LogP contribution in [0.15, 0.2) is 47.1 Å². The summed E-state index contributed by atoms with van der Waals surface area (Å²) in [6.07, 6.45) is 2.74. The Morgan fingerprint density at radius 3 is 2.95 bits per heavy atom. The molecule has 0 bridgehead atoms. The molecule has 1 atom stereocenters. The number of pyridine rings is 1. The third kappa shape index (κ3) is 2.73. The van der Waals surface area contributed by atoms with Gasteiger partial charge in [0.25, 0.3) is 0 Å². The van der Waals surface area contributed by atoms with E-state index in [0.717, 1.165) is 11.1 Å². The minimum absolute atomic E-state index is 0.0276. The Morgan fingerprint density at radius 1 is 1.36 bits per heavy atom. The van der Waals surface area contributed by atoms with E-state index in [1.807, 2.05) is 31.2 Å². The molecule has 7 heteroatoms. The van der Waals surface area contributed by atoms with Gasteiger partial charge in [-0.25, -0.2) is 4.98 Å². The smallest absolute Gasteiger partial charge is 0.310 e. The first-order valence-corrected chi connectivity index (χ1v) is 6.83. The molecular formula is C15H14N4O3. The molecule has 3 rings (SSSR count). The largest absolute Gasteiger partial charge is 0.440 e. The number of hydrogen-bond donors (Lipinski definition) is 1. The van der Waals surface area contributed by atoms with Crippen LogP contribution in [-0.2, 0) is 0 Å². The second-order valence-electron chi connectivity index (χ2n) is 4.95. The van der Waals surface area contributed by atoms with Crippen LogP contribution in [0, 0.1) is 10.1 Å². The van der Waals surface area contributed by atoms with Crippen LogP contribution in [-0.4, -0.2) is 21.4 Å². The summed E-state index contributed by atoms with van der Waals surface area (Å²) >= 11 is 0. The highest BCUT2D eigenvalue weighted by Crippen LogP contribution is 2.25. The SMILES string of the molecule is CC(CNc1ccncc1[N+](=O)[O-])c1nc2ccccc2o1. The lowest BCUT2D eigenvalue weighted by Crippen LogP contribution is -2.11. The maximum Gasteiger partial charge on any atom is 0.310 e. The first-order chi connectivity index (χ1) is 10.6. The zero-order chi connectivity index (χ0) is 15.5. The molecule has 7 nitrogen and oxygen atoms in total. The highest BCUT2D eigenvalue weighted by atomic mass is 16.6. The molecule has 0 aliphatic rings. The van der Waals surface area contributed by atoms with Crippen LogP contribution in [0.25, 0.3) is 11.1 Å². The monoisotopic (exact) mass is 298 g/mol. The second-order valence-corrected chi connectivity index (χ2v) is 4.95. The Morgan fingerprint density at radius 2 is 2.18 bits per heavy atom. The average Bonchev–Trinajstić information content (AvgIpc) is 2.97. The molecule has 0 amide bonds. The van der Waals surface area contributed by atoms with Gasteiger partial charge in [-0.1, -0.05) is 19.1 Å². The van der Waals surface area contributed by atoms with Gasteiger partial charge in [0.05, 0.1) is 10.8 Å². The van der Waals surface area contributed by atoms with Gasteiger partial charge in [0.15, 0.2) is 11.5 Å². The third-order valence-corrected chi connectivity index (χ3v) is 3.33. The van der Waals surface area contributed by atoms with Gasteiger partial charge < -0.3 is 9.73 Å². The van der Waals surface area contributed by atoms with E-state index < -0.39 is 4.92 Å². The van der Waals surface area contributed by atoms with Gasteiger partial charge in [-0.2, -0.15) is 0 Å². The second kappa shape index (κ2) is 5.80. The van der Waals surface area contributed by atoms with Gasteiger partial charge in [0.1, 0.15) is 17.4 Å². The van der Waals surface area contributed by atoms with Crippen molar-refractivity contribution >= 4 is 22.5 Å². The molecular weight excluding hydrogens is 284 g/mol. The minimum Gasteiger partial charge on any atom is -0.440 e. The first-order valence-electron chi connectivity index (χ1n) is 6.83. The Kier molecular flexibility index (Phi) is 3.69. The number of fused-ring (bicyclic) bond motifs is 1. The standard InChI is InChI=1S/C15H14N4O3/c1-10(15-18-12-4-2-3-5-14(12)22-15)8-17-11-6-7-16-9-13(11)19(20)21/h2-7,9-10H,8H2,1H3,(H,16,17). The molecule has 0 spiro atoms. The number of nitrogens with one attached hydrogen (secondary N) is 1. The molecule has 0 aliphatic heterocycles. The number of nitrogens with zero attached hydrogens (tertiary/aromatic N) is 3. The van der Waals surface area contributed by atoms with E-state index in [2.05, 4.69) is 15.3 Å². The van der Waals surface area contributed by atoms with Crippen LogP contribution in [0.1, 0.15) is 18.7 Å². The third-order valence-electron chi connectivity index (χ3n) is 3.33. The summed E-state index contributed by atoms with van der Waals surface area (Å²) in [5.74, 6) is 0.575. The highest BCUT2D eigenvalue weighted by molar-refractivity contribution is 5.72. The summed E-state index contributed by atoms with van der Waals surface area (Å²) in [6.45, 7) is 2.42. The lowest BCUT2D eigenvalue weighted by molar-refractivity contribution is -0.384. The summed E-state index contributed by atoms with van der Waals surface area (Å²) < 4.78 is 5.70. The van der Waals surface area contributed by atoms with Crippen LogP contribution in [0.2, 0.25) is 0 Å². The van der Waals surface area contributed by atoms with Crippen molar-refractivity contribution in [2.45, 2.75) is 12.8 Å². The van der Waals surface area contributed by atoms with Crippen molar-refractivity contribution < 1.29 is 9.34 Å². The number of rotatable bonds is 5. The fourth-order valence-electron chi connectivity index (χ4n) is 2.13. The van der Waals surface area contributed by atoms with Crippen molar-refractivity contribution in [2.75, 3.05) is 11.9 Å². The number of anilines is 1. The molecule has 1 unspecified atom stereocenters. The summed E-state index contributed by atoms with van der Waals surface area (Å²) in [6, 6.07) is 9.12. The van der Waals surface area contributed by atoms with Crippen molar-refractivity contribution in [2.24, 2.45) is 0 Å². The lowest BCUT2D eigenvalue weighted by Gasteiger charge is -2.10. The number of aromatic nitrogens is 2. The van der Waals surface area contributed by atoms with Crippen LogP contribution < -0.4 is 5.32 Å². The van der Waals surface area contributed by atoms with Crippen molar-refractivity contribution in [3.05, 3.63) is 58.7 Å². The van der Waals surface area contributed by atoms with E-state index >= 15 is 0 Å². The van der Waals surface area contributed by atoms with Gasteiger partial charge in [-0.05, 0) is 18.2 Å². The van der Waals surface area contributed by atoms with Gasteiger partial charge in [0, 0.05) is 12.7 Å². The quantitative estimate of drug-likeness (QED) is 0.573. The molecule has 1 N–H and O–H groups in total. The fraction of sp³-hybridized carbons (Fsp3) is 0.200. The molecule has 112 valence electrons. The van der Waals surface area contributed by atoms with E-state index in [9.17, 15) is 10.1 Å². The summed E-state index contributed by atoms with van der Waals surface area (Å²) in [5.41, 5.74) is 1.92. The maximum atomic E-state index is 10.9. The molecule has 1 aromatic carbocycles. The first kappa shape index (κ1) is 14.0. The molecule has 0 fully saturated rings. The van der Waals surface area contributed by atoms with E-state index in [1.54, 1.807) is 6.07 Å². The van der Waals surface area contributed by atoms with Crippen molar-refractivity contribution in [3.63, 3.8) is 0 Å². The Labute approximate surface area is 126 Å². The predicted octanol–water partition coefficient (Wildman–Crippen LogP) is 3.35. The highest BCUT2D eigenvalue weighted by Gasteiger charge is 2.17. The van der Waals surface area contributed by atoms with Crippen molar-refractivity contribution in [1.29, 1.82) is 0 Å². The minimum atomic E-state index is -0.459. The molecule has 22 heavy (non-hydrogen) atoms. The molecule has 0 radical (unpaired) electrons. The number of para-hydroxylation sites is 2. The van der Waals surface area contributed by atoms with E-state index in [-0.39, 0.29) is 11.6 Å². The van der Waals surface area contributed by atoms with E-state index in [4.69, 9.17) is 4.42 Å². The Bertz CT molecular complexity index is 782. The van der Waals surface area contributed by atoms with Gasteiger partial charge in [-0.3, -0.25) is 15.1 Å². The molecule has 2 heterocycles. The van der Waals surface area contributed by atoms with Gasteiger partial charge in [0.2, 0.25) is 0 Å². The van der Waals surface area contributed by atoms with Crippen LogP contribution >= 0.6 is 0 Å². The molecule has 0 saturated carbocycles. The number of benzene rings is 1. The summed E-state index contributed by atoms with van der Waals surface area (Å²) in [4.78, 5) is 18.7. The molecule has 0 saturated heterocycles. The average molecular weight is 298 g/mol.